The maximum absolute atomic E-state index is 12.3. The molecule has 0 unspecified atom stereocenters. The summed E-state index contributed by atoms with van der Waals surface area (Å²) < 4.78 is 5.66. The van der Waals surface area contributed by atoms with Crippen LogP contribution in [0.15, 0.2) is 30.3 Å². The highest BCUT2D eigenvalue weighted by Gasteiger charge is 2.26. The van der Waals surface area contributed by atoms with Crippen molar-refractivity contribution in [3.8, 4) is 0 Å². The summed E-state index contributed by atoms with van der Waals surface area (Å²) in [5.74, 6) is 0.500. The van der Waals surface area contributed by atoms with Gasteiger partial charge in [-0.25, -0.2) is 0 Å². The van der Waals surface area contributed by atoms with Crippen molar-refractivity contribution in [2.45, 2.75) is 45.3 Å². The fourth-order valence-corrected chi connectivity index (χ4v) is 2.67. The molecule has 1 aliphatic rings. The van der Waals surface area contributed by atoms with E-state index in [1.165, 1.54) is 5.56 Å². The summed E-state index contributed by atoms with van der Waals surface area (Å²) in [4.78, 5) is 14.3. The minimum atomic E-state index is 0.139. The molecule has 3 heteroatoms. The molecule has 1 aliphatic heterocycles. The Labute approximate surface area is 115 Å². The zero-order valence-electron chi connectivity index (χ0n) is 12.0. The average Bonchev–Trinajstić information content (AvgIpc) is 2.38. The first kappa shape index (κ1) is 14.1. The molecule has 0 aromatic heterocycles. The zero-order valence-corrected chi connectivity index (χ0v) is 12.0. The van der Waals surface area contributed by atoms with Crippen molar-refractivity contribution in [3.63, 3.8) is 0 Å². The number of amides is 1. The SMILES string of the molecule is C[C@@H]1CN(C(=O)C[C@H](C)c2ccccc2)C[C@@H](C)O1. The Balaban J connectivity index is 1.93. The van der Waals surface area contributed by atoms with E-state index in [1.807, 2.05) is 36.9 Å². The van der Waals surface area contributed by atoms with Crippen LogP contribution in [0.25, 0.3) is 0 Å². The van der Waals surface area contributed by atoms with Gasteiger partial charge in [0.05, 0.1) is 12.2 Å². The second-order valence-corrected chi connectivity index (χ2v) is 5.57. The van der Waals surface area contributed by atoms with Gasteiger partial charge in [0.2, 0.25) is 5.91 Å². The standard InChI is InChI=1S/C16H23NO2/c1-12(15-7-5-4-6-8-15)9-16(18)17-10-13(2)19-14(3)11-17/h4-8,12-14H,9-11H2,1-3H3/t12-,13+,14+/m0/s1. The first-order valence-corrected chi connectivity index (χ1v) is 7.04. The maximum Gasteiger partial charge on any atom is 0.223 e. The van der Waals surface area contributed by atoms with Gasteiger partial charge in [0.1, 0.15) is 0 Å². The molecule has 2 rings (SSSR count). The van der Waals surface area contributed by atoms with Crippen LogP contribution in [0.4, 0.5) is 0 Å². The molecule has 1 saturated heterocycles. The van der Waals surface area contributed by atoms with Crippen LogP contribution in [0.1, 0.15) is 38.7 Å². The van der Waals surface area contributed by atoms with Crippen LogP contribution < -0.4 is 0 Å². The largest absolute Gasteiger partial charge is 0.372 e. The first-order chi connectivity index (χ1) is 9.06. The van der Waals surface area contributed by atoms with Crippen LogP contribution in [0, 0.1) is 0 Å². The molecule has 0 bridgehead atoms. The minimum Gasteiger partial charge on any atom is -0.372 e. The van der Waals surface area contributed by atoms with Gasteiger partial charge in [-0.1, -0.05) is 37.3 Å². The third-order valence-electron chi connectivity index (χ3n) is 3.62. The van der Waals surface area contributed by atoms with E-state index in [-0.39, 0.29) is 24.0 Å². The molecule has 0 saturated carbocycles. The van der Waals surface area contributed by atoms with Crippen LogP contribution in [0.3, 0.4) is 0 Å². The van der Waals surface area contributed by atoms with Crippen LogP contribution >= 0.6 is 0 Å². The highest BCUT2D eigenvalue weighted by molar-refractivity contribution is 5.77. The second kappa shape index (κ2) is 6.20. The van der Waals surface area contributed by atoms with Crippen molar-refractivity contribution in [2.24, 2.45) is 0 Å². The van der Waals surface area contributed by atoms with Crippen LogP contribution in [0.5, 0.6) is 0 Å². The summed E-state index contributed by atoms with van der Waals surface area (Å²) in [6.07, 6.45) is 0.850. The lowest BCUT2D eigenvalue weighted by molar-refractivity contribution is -0.143. The molecule has 0 spiro atoms. The van der Waals surface area contributed by atoms with E-state index in [0.29, 0.717) is 19.5 Å². The number of carbonyl (C=O) groups is 1. The molecule has 3 nitrogen and oxygen atoms in total. The number of benzene rings is 1. The Morgan fingerprint density at radius 2 is 1.84 bits per heavy atom. The minimum absolute atomic E-state index is 0.139. The third-order valence-corrected chi connectivity index (χ3v) is 3.62. The topological polar surface area (TPSA) is 29.5 Å². The number of ether oxygens (including phenoxy) is 1. The van der Waals surface area contributed by atoms with Crippen molar-refractivity contribution in [1.29, 1.82) is 0 Å². The highest BCUT2D eigenvalue weighted by Crippen LogP contribution is 2.21. The Morgan fingerprint density at radius 3 is 2.42 bits per heavy atom. The average molecular weight is 261 g/mol. The zero-order chi connectivity index (χ0) is 13.8. The fourth-order valence-electron chi connectivity index (χ4n) is 2.67. The van der Waals surface area contributed by atoms with Gasteiger partial charge in [-0.2, -0.15) is 0 Å². The second-order valence-electron chi connectivity index (χ2n) is 5.57. The molecule has 0 radical (unpaired) electrons. The van der Waals surface area contributed by atoms with Crippen molar-refractivity contribution in [3.05, 3.63) is 35.9 Å². The van der Waals surface area contributed by atoms with E-state index in [4.69, 9.17) is 4.74 Å². The Kier molecular flexibility index (Phi) is 4.59. The number of rotatable bonds is 3. The van der Waals surface area contributed by atoms with E-state index in [1.54, 1.807) is 0 Å². The van der Waals surface area contributed by atoms with Gasteiger partial charge in [-0.3, -0.25) is 4.79 Å². The highest BCUT2D eigenvalue weighted by atomic mass is 16.5. The summed E-state index contributed by atoms with van der Waals surface area (Å²) in [7, 11) is 0. The van der Waals surface area contributed by atoms with E-state index < -0.39 is 0 Å². The molecule has 19 heavy (non-hydrogen) atoms. The molecule has 1 aromatic rings. The van der Waals surface area contributed by atoms with Crippen molar-refractivity contribution >= 4 is 5.91 Å². The van der Waals surface area contributed by atoms with E-state index in [9.17, 15) is 4.79 Å². The van der Waals surface area contributed by atoms with Gasteiger partial charge in [-0.15, -0.1) is 0 Å². The smallest absolute Gasteiger partial charge is 0.223 e. The summed E-state index contributed by atoms with van der Waals surface area (Å²) in [6.45, 7) is 7.59. The molecule has 1 aromatic carbocycles. The molecular formula is C16H23NO2. The number of carbonyl (C=O) groups excluding carboxylic acids is 1. The number of nitrogens with zero attached hydrogens (tertiary/aromatic N) is 1. The number of hydrogen-bond donors (Lipinski definition) is 0. The molecule has 0 aliphatic carbocycles. The van der Waals surface area contributed by atoms with Gasteiger partial charge in [0.15, 0.2) is 0 Å². The third kappa shape index (κ3) is 3.80. The molecule has 1 amide bonds. The molecule has 104 valence electrons. The van der Waals surface area contributed by atoms with Crippen LogP contribution in [-0.2, 0) is 9.53 Å². The summed E-state index contributed by atoms with van der Waals surface area (Å²) in [5.41, 5.74) is 1.23. The molecule has 3 atom stereocenters. The van der Waals surface area contributed by atoms with Gasteiger partial charge >= 0.3 is 0 Å². The van der Waals surface area contributed by atoms with Crippen molar-refractivity contribution in [1.82, 2.24) is 4.90 Å². The van der Waals surface area contributed by atoms with E-state index >= 15 is 0 Å². The predicted octanol–water partition coefficient (Wildman–Crippen LogP) is 2.82. The predicted molar refractivity (Wildman–Crippen MR) is 76.1 cm³/mol. The molecule has 0 N–H and O–H groups in total. The Hall–Kier alpha value is -1.35. The Morgan fingerprint density at radius 1 is 1.26 bits per heavy atom. The quantitative estimate of drug-likeness (QED) is 0.837. The van der Waals surface area contributed by atoms with Gasteiger partial charge < -0.3 is 9.64 Å². The van der Waals surface area contributed by atoms with Gasteiger partial charge in [-0.05, 0) is 25.3 Å². The summed E-state index contributed by atoms with van der Waals surface area (Å²) >= 11 is 0. The van der Waals surface area contributed by atoms with Crippen molar-refractivity contribution < 1.29 is 9.53 Å². The number of hydrogen-bond acceptors (Lipinski definition) is 2. The summed E-state index contributed by atoms with van der Waals surface area (Å²) in [5, 5.41) is 0. The summed E-state index contributed by atoms with van der Waals surface area (Å²) in [6, 6.07) is 10.2. The maximum atomic E-state index is 12.3. The van der Waals surface area contributed by atoms with Gasteiger partial charge in [0.25, 0.3) is 0 Å². The Bertz CT molecular complexity index is 408. The van der Waals surface area contributed by atoms with Gasteiger partial charge in [0, 0.05) is 19.5 Å². The molecule has 1 fully saturated rings. The van der Waals surface area contributed by atoms with E-state index in [2.05, 4.69) is 19.1 Å². The normalized spacial score (nSPS) is 25.1. The van der Waals surface area contributed by atoms with Crippen LogP contribution in [-0.4, -0.2) is 36.1 Å². The fraction of sp³-hybridized carbons (Fsp3) is 0.562. The monoisotopic (exact) mass is 261 g/mol. The lowest BCUT2D eigenvalue weighted by Gasteiger charge is -2.35. The lowest BCUT2D eigenvalue weighted by atomic mass is 9.97. The number of morpholine rings is 1. The van der Waals surface area contributed by atoms with Crippen molar-refractivity contribution in [2.75, 3.05) is 13.1 Å². The molecule has 1 heterocycles. The molecular weight excluding hydrogens is 238 g/mol. The van der Waals surface area contributed by atoms with E-state index in [0.717, 1.165) is 0 Å². The first-order valence-electron chi connectivity index (χ1n) is 7.04. The van der Waals surface area contributed by atoms with Crippen LogP contribution in [0.2, 0.25) is 0 Å². The lowest BCUT2D eigenvalue weighted by Crippen LogP contribution is -2.48.